The van der Waals surface area contributed by atoms with Gasteiger partial charge in [-0.1, -0.05) is 6.07 Å². The van der Waals surface area contributed by atoms with E-state index in [0.29, 0.717) is 31.3 Å². The van der Waals surface area contributed by atoms with E-state index >= 15 is 0 Å². The Kier molecular flexibility index (Phi) is 5.53. The molecule has 0 aliphatic carbocycles. The number of rotatable bonds is 8. The molecule has 1 aliphatic heterocycles. The molecule has 0 fully saturated rings. The van der Waals surface area contributed by atoms with Crippen LogP contribution < -0.4 is 14.8 Å². The monoisotopic (exact) mass is 397 g/mol. The quantitative estimate of drug-likeness (QED) is 0.623. The first-order chi connectivity index (χ1) is 14.1. The summed E-state index contributed by atoms with van der Waals surface area (Å²) < 4.78 is 21.6. The molecule has 29 heavy (non-hydrogen) atoms. The number of nitrogens with one attached hydrogen (secondary N) is 1. The normalized spacial score (nSPS) is 12.7. The number of furan rings is 1. The standard InChI is InChI=1S/C21H23N3O5/c1-14(2)24(10-15-5-6-18-19(8-15)29-13-28-18)11-20-23-17(12-27-20)21(25)22-9-16-4-3-7-26-16/h3-8,12,14H,9-11,13H2,1-2H3,(H,22,25). The Morgan fingerprint density at radius 2 is 2.03 bits per heavy atom. The maximum absolute atomic E-state index is 12.3. The van der Waals surface area contributed by atoms with Gasteiger partial charge in [0.05, 0.1) is 19.4 Å². The third kappa shape index (κ3) is 4.60. The second kappa shape index (κ2) is 8.40. The number of aromatic nitrogens is 1. The zero-order valence-electron chi connectivity index (χ0n) is 16.4. The molecule has 8 nitrogen and oxygen atoms in total. The van der Waals surface area contributed by atoms with Gasteiger partial charge in [0.25, 0.3) is 5.91 Å². The lowest BCUT2D eigenvalue weighted by atomic mass is 10.1. The van der Waals surface area contributed by atoms with E-state index in [1.807, 2.05) is 18.2 Å². The van der Waals surface area contributed by atoms with Crippen LogP contribution in [0.5, 0.6) is 11.5 Å². The Hall–Kier alpha value is -3.26. The molecule has 0 atom stereocenters. The number of benzene rings is 1. The molecule has 0 saturated carbocycles. The van der Waals surface area contributed by atoms with Gasteiger partial charge >= 0.3 is 0 Å². The van der Waals surface area contributed by atoms with Crippen LogP contribution in [0.3, 0.4) is 0 Å². The fourth-order valence-electron chi connectivity index (χ4n) is 3.03. The van der Waals surface area contributed by atoms with E-state index in [4.69, 9.17) is 18.3 Å². The molecule has 1 N–H and O–H groups in total. The topological polar surface area (TPSA) is 90.0 Å². The van der Waals surface area contributed by atoms with Crippen molar-refractivity contribution in [3.63, 3.8) is 0 Å². The average Bonchev–Trinajstić information content (AvgIpc) is 3.46. The summed E-state index contributed by atoms with van der Waals surface area (Å²) in [5.74, 6) is 2.39. The van der Waals surface area contributed by atoms with Crippen molar-refractivity contribution in [2.24, 2.45) is 0 Å². The van der Waals surface area contributed by atoms with Crippen molar-refractivity contribution in [2.75, 3.05) is 6.79 Å². The van der Waals surface area contributed by atoms with E-state index < -0.39 is 0 Å². The Balaban J connectivity index is 1.38. The van der Waals surface area contributed by atoms with Gasteiger partial charge in [0.15, 0.2) is 17.2 Å². The van der Waals surface area contributed by atoms with Gasteiger partial charge in [-0.15, -0.1) is 0 Å². The molecule has 4 rings (SSSR count). The molecule has 3 aromatic rings. The fraction of sp³-hybridized carbons (Fsp3) is 0.333. The van der Waals surface area contributed by atoms with Gasteiger partial charge in [-0.2, -0.15) is 0 Å². The Bertz CT molecular complexity index is 965. The van der Waals surface area contributed by atoms with E-state index in [0.717, 1.165) is 17.1 Å². The van der Waals surface area contributed by atoms with Gasteiger partial charge in [0, 0.05) is 12.6 Å². The number of hydrogen-bond acceptors (Lipinski definition) is 7. The highest BCUT2D eigenvalue weighted by molar-refractivity contribution is 5.91. The highest BCUT2D eigenvalue weighted by Crippen LogP contribution is 2.33. The predicted octanol–water partition coefficient (Wildman–Crippen LogP) is 3.34. The third-order valence-electron chi connectivity index (χ3n) is 4.68. The number of carbonyl (C=O) groups excluding carboxylic acids is 1. The second-order valence-corrected chi connectivity index (χ2v) is 7.07. The molecule has 2 aromatic heterocycles. The lowest BCUT2D eigenvalue weighted by Crippen LogP contribution is -2.30. The number of oxazole rings is 1. The van der Waals surface area contributed by atoms with Gasteiger partial charge in [0.1, 0.15) is 12.0 Å². The second-order valence-electron chi connectivity index (χ2n) is 7.07. The Morgan fingerprint density at radius 1 is 1.17 bits per heavy atom. The number of carbonyl (C=O) groups is 1. The van der Waals surface area contributed by atoms with Crippen molar-refractivity contribution in [1.82, 2.24) is 15.2 Å². The molecule has 152 valence electrons. The minimum absolute atomic E-state index is 0.248. The number of fused-ring (bicyclic) bond motifs is 1. The third-order valence-corrected chi connectivity index (χ3v) is 4.68. The zero-order chi connectivity index (χ0) is 20.2. The molecule has 0 bridgehead atoms. The van der Waals surface area contributed by atoms with Crippen molar-refractivity contribution >= 4 is 5.91 Å². The minimum atomic E-state index is -0.303. The summed E-state index contributed by atoms with van der Waals surface area (Å²) in [5, 5.41) is 2.76. The Morgan fingerprint density at radius 3 is 2.83 bits per heavy atom. The van der Waals surface area contributed by atoms with Gasteiger partial charge in [-0.3, -0.25) is 9.69 Å². The van der Waals surface area contributed by atoms with Gasteiger partial charge in [0.2, 0.25) is 12.7 Å². The predicted molar refractivity (Wildman–Crippen MR) is 103 cm³/mol. The van der Waals surface area contributed by atoms with E-state index in [-0.39, 0.29) is 24.4 Å². The van der Waals surface area contributed by atoms with Crippen LogP contribution in [-0.4, -0.2) is 28.6 Å². The molecule has 1 aliphatic rings. The number of amides is 1. The van der Waals surface area contributed by atoms with Crippen molar-refractivity contribution in [1.29, 1.82) is 0 Å². The summed E-state index contributed by atoms with van der Waals surface area (Å²) in [5.41, 5.74) is 1.35. The van der Waals surface area contributed by atoms with Gasteiger partial charge in [-0.25, -0.2) is 4.98 Å². The zero-order valence-corrected chi connectivity index (χ0v) is 16.4. The van der Waals surface area contributed by atoms with Crippen LogP contribution in [0.4, 0.5) is 0 Å². The molecule has 1 aromatic carbocycles. The molecule has 3 heterocycles. The Labute approximate surface area is 168 Å². The van der Waals surface area contributed by atoms with Crippen LogP contribution in [0, 0.1) is 0 Å². The highest BCUT2D eigenvalue weighted by Gasteiger charge is 2.19. The van der Waals surface area contributed by atoms with Crippen molar-refractivity contribution in [2.45, 2.75) is 39.5 Å². The van der Waals surface area contributed by atoms with Crippen molar-refractivity contribution in [3.05, 3.63) is 65.8 Å². The van der Waals surface area contributed by atoms with Crippen LogP contribution in [-0.2, 0) is 19.6 Å². The molecule has 0 spiro atoms. The first kappa shape index (κ1) is 19.1. The number of nitrogens with zero attached hydrogens (tertiary/aromatic N) is 2. The smallest absolute Gasteiger partial charge is 0.273 e. The molecule has 0 saturated heterocycles. The first-order valence-corrected chi connectivity index (χ1v) is 9.46. The summed E-state index contributed by atoms with van der Waals surface area (Å²) >= 11 is 0. The van der Waals surface area contributed by atoms with Crippen LogP contribution in [0.15, 0.2) is 51.7 Å². The molecule has 0 unspecified atom stereocenters. The lowest BCUT2D eigenvalue weighted by molar-refractivity contribution is 0.0943. The fourth-order valence-corrected chi connectivity index (χ4v) is 3.03. The summed E-state index contributed by atoms with van der Waals surface area (Å²) in [6.07, 6.45) is 2.95. The summed E-state index contributed by atoms with van der Waals surface area (Å²) in [4.78, 5) is 18.8. The van der Waals surface area contributed by atoms with Crippen LogP contribution in [0.25, 0.3) is 0 Å². The van der Waals surface area contributed by atoms with Crippen molar-refractivity contribution in [3.8, 4) is 11.5 Å². The molecular weight excluding hydrogens is 374 g/mol. The molecule has 8 heteroatoms. The molecule has 1 amide bonds. The maximum atomic E-state index is 12.3. The lowest BCUT2D eigenvalue weighted by Gasteiger charge is -2.25. The number of hydrogen-bond donors (Lipinski definition) is 1. The van der Waals surface area contributed by atoms with Crippen LogP contribution in [0.1, 0.15) is 41.6 Å². The largest absolute Gasteiger partial charge is 0.467 e. The van der Waals surface area contributed by atoms with Crippen molar-refractivity contribution < 1.29 is 23.1 Å². The summed E-state index contributed by atoms with van der Waals surface area (Å²) in [6, 6.07) is 9.75. The van der Waals surface area contributed by atoms with E-state index in [1.54, 1.807) is 18.4 Å². The maximum Gasteiger partial charge on any atom is 0.273 e. The van der Waals surface area contributed by atoms with Crippen LogP contribution >= 0.6 is 0 Å². The van der Waals surface area contributed by atoms with Gasteiger partial charge in [-0.05, 0) is 43.7 Å². The first-order valence-electron chi connectivity index (χ1n) is 9.46. The summed E-state index contributed by atoms with van der Waals surface area (Å²) in [6.45, 7) is 5.94. The minimum Gasteiger partial charge on any atom is -0.467 e. The molecule has 0 radical (unpaired) electrons. The molecular formula is C21H23N3O5. The van der Waals surface area contributed by atoms with E-state index in [2.05, 4.69) is 29.0 Å². The number of ether oxygens (including phenoxy) is 2. The summed E-state index contributed by atoms with van der Waals surface area (Å²) in [7, 11) is 0. The SMILES string of the molecule is CC(C)N(Cc1ccc2c(c1)OCO2)Cc1nc(C(=O)NCc2ccco2)co1. The van der Waals surface area contributed by atoms with Crippen LogP contribution in [0.2, 0.25) is 0 Å². The van der Waals surface area contributed by atoms with Gasteiger partial charge < -0.3 is 23.6 Å². The average molecular weight is 397 g/mol. The van der Waals surface area contributed by atoms with E-state index in [1.165, 1.54) is 6.26 Å². The highest BCUT2D eigenvalue weighted by atomic mass is 16.7. The van der Waals surface area contributed by atoms with E-state index in [9.17, 15) is 4.79 Å².